The van der Waals surface area contributed by atoms with E-state index in [1.165, 1.54) is 27.7 Å². The second-order valence-corrected chi connectivity index (χ2v) is 20.9. The van der Waals surface area contributed by atoms with Crippen molar-refractivity contribution in [2.45, 2.75) is 47.1 Å². The van der Waals surface area contributed by atoms with E-state index in [0.29, 0.717) is 12.5 Å². The fourth-order valence-electron chi connectivity index (χ4n) is 10.4. The maximum atomic E-state index is 5.30. The summed E-state index contributed by atoms with van der Waals surface area (Å²) in [5.74, 6) is 0.589. The Balaban J connectivity index is 0.000000489. The van der Waals surface area contributed by atoms with Crippen LogP contribution < -0.4 is 19.6 Å². The molecule has 0 fully saturated rings. The van der Waals surface area contributed by atoms with Crippen molar-refractivity contribution in [3.8, 4) is 35.4 Å². The van der Waals surface area contributed by atoms with Gasteiger partial charge in [-0.1, -0.05) is 234 Å². The van der Waals surface area contributed by atoms with E-state index in [0.717, 1.165) is 79.8 Å². The number of terminal acetylenes is 1. The van der Waals surface area contributed by atoms with Crippen LogP contribution in [0.4, 0.5) is 45.5 Å². The number of allylic oxidation sites excluding steroid dienone is 4. The van der Waals surface area contributed by atoms with Crippen LogP contribution in [-0.4, -0.2) is 29.6 Å². The molecule has 1 atom stereocenters. The van der Waals surface area contributed by atoms with E-state index < -0.39 is 0 Å². The number of fused-ring (bicyclic) bond motifs is 2. The first-order valence-corrected chi connectivity index (χ1v) is 30.2. The SMILES string of the molecule is C#C.C=C(/C=C\C)C(C)C.C=CCN(C1=CCC(N(c2ccccc2)c2ccccc2)C=C1)c1ccc(-c2nc3ccccc3nc2-c2ccc(N(c3ccc(N(C)c4ccccc4)cc3)c3cccc4ccccc34)cc2)cc1.CC.c1ccccc1. The lowest BCUT2D eigenvalue weighted by atomic mass is 10.0. The highest BCUT2D eigenvalue weighted by Crippen LogP contribution is 2.42. The minimum Gasteiger partial charge on any atom is -0.345 e. The van der Waals surface area contributed by atoms with E-state index in [4.69, 9.17) is 9.97 Å². The lowest BCUT2D eigenvalue weighted by Crippen LogP contribution is -2.32. The Morgan fingerprint density at radius 2 is 0.943 bits per heavy atom. The summed E-state index contributed by atoms with van der Waals surface area (Å²) in [5.41, 5.74) is 16.6. The molecule has 6 nitrogen and oxygen atoms in total. The minimum absolute atomic E-state index is 0.167. The first kappa shape index (κ1) is 63.3. The fourth-order valence-corrected chi connectivity index (χ4v) is 10.4. The Morgan fingerprint density at radius 3 is 1.41 bits per heavy atom. The lowest BCUT2D eigenvalue weighted by Gasteiger charge is -2.35. The van der Waals surface area contributed by atoms with Crippen LogP contribution >= 0.6 is 0 Å². The smallest absolute Gasteiger partial charge is 0.0973 e. The van der Waals surface area contributed by atoms with Crippen molar-refractivity contribution in [2.24, 2.45) is 5.92 Å². The summed E-state index contributed by atoms with van der Waals surface area (Å²) in [7, 11) is 2.11. The van der Waals surface area contributed by atoms with Gasteiger partial charge in [0.1, 0.15) is 0 Å². The van der Waals surface area contributed by atoms with Crippen molar-refractivity contribution in [1.82, 2.24) is 9.97 Å². The van der Waals surface area contributed by atoms with E-state index in [1.807, 2.05) is 106 Å². The Morgan fingerprint density at radius 1 is 0.523 bits per heavy atom. The molecule has 0 saturated carbocycles. The van der Waals surface area contributed by atoms with Gasteiger partial charge in [0, 0.05) is 75.6 Å². The molecule has 10 aromatic carbocycles. The molecule has 12 rings (SSSR count). The van der Waals surface area contributed by atoms with E-state index in [2.05, 4.69) is 285 Å². The monoisotopic (exact) mass is 1150 g/mol. The highest BCUT2D eigenvalue weighted by molar-refractivity contribution is 5.99. The number of nitrogens with zero attached hydrogens (tertiary/aromatic N) is 6. The predicted molar refractivity (Wildman–Crippen MR) is 382 cm³/mol. The van der Waals surface area contributed by atoms with Crippen LogP contribution in [0.25, 0.3) is 44.3 Å². The number of rotatable bonds is 16. The van der Waals surface area contributed by atoms with Crippen LogP contribution in [0.1, 0.15) is 41.0 Å². The van der Waals surface area contributed by atoms with Crippen molar-refractivity contribution < 1.29 is 0 Å². The Labute approximate surface area is 523 Å². The Hall–Kier alpha value is -10.7. The van der Waals surface area contributed by atoms with Crippen molar-refractivity contribution in [2.75, 3.05) is 33.2 Å². The maximum Gasteiger partial charge on any atom is 0.0973 e. The third kappa shape index (κ3) is 16.0. The highest BCUT2D eigenvalue weighted by Gasteiger charge is 2.23. The Kier molecular flexibility index (Phi) is 23.4. The summed E-state index contributed by atoms with van der Waals surface area (Å²) in [6, 6.07) is 93.4. The molecule has 1 aliphatic carbocycles. The molecule has 88 heavy (non-hydrogen) atoms. The molecule has 11 aromatic rings. The second-order valence-electron chi connectivity index (χ2n) is 20.9. The zero-order valence-corrected chi connectivity index (χ0v) is 51.7. The third-order valence-electron chi connectivity index (χ3n) is 14.9. The molecule has 0 bridgehead atoms. The second kappa shape index (κ2) is 32.5. The zero-order chi connectivity index (χ0) is 62.0. The van der Waals surface area contributed by atoms with E-state index in [-0.39, 0.29) is 6.04 Å². The van der Waals surface area contributed by atoms with Gasteiger partial charge in [-0.2, -0.15) is 0 Å². The number of aromatic nitrogens is 2. The molecule has 0 amide bonds. The summed E-state index contributed by atoms with van der Waals surface area (Å²) in [6.07, 6.45) is 21.8. The molecule has 1 heterocycles. The average Bonchev–Trinajstić information content (AvgIpc) is 1.82. The minimum atomic E-state index is 0.167. The summed E-state index contributed by atoms with van der Waals surface area (Å²) in [4.78, 5) is 19.9. The van der Waals surface area contributed by atoms with E-state index in [1.54, 1.807) is 0 Å². The molecule has 0 N–H and O–H groups in total. The van der Waals surface area contributed by atoms with Crippen molar-refractivity contribution in [3.63, 3.8) is 0 Å². The number of anilines is 8. The topological polar surface area (TPSA) is 38.7 Å². The summed E-state index contributed by atoms with van der Waals surface area (Å²) >= 11 is 0. The van der Waals surface area contributed by atoms with Crippen molar-refractivity contribution >= 4 is 67.3 Å². The largest absolute Gasteiger partial charge is 0.345 e. The average molecular weight is 1150 g/mol. The van der Waals surface area contributed by atoms with Gasteiger partial charge in [0.2, 0.25) is 0 Å². The molecule has 1 aliphatic rings. The van der Waals surface area contributed by atoms with Gasteiger partial charge in [-0.15, -0.1) is 19.4 Å². The predicted octanol–water partition coefficient (Wildman–Crippen LogP) is 22.1. The molecule has 0 radical (unpaired) electrons. The lowest BCUT2D eigenvalue weighted by molar-refractivity contribution is 0.773. The van der Waals surface area contributed by atoms with Crippen LogP contribution in [0.3, 0.4) is 0 Å². The summed E-state index contributed by atoms with van der Waals surface area (Å²) in [5, 5.41) is 2.36. The van der Waals surface area contributed by atoms with E-state index in [9.17, 15) is 0 Å². The number of para-hydroxylation sites is 5. The summed E-state index contributed by atoms with van der Waals surface area (Å²) in [6.45, 7) is 19.0. The Bertz CT molecular complexity index is 3970. The number of benzene rings is 10. The van der Waals surface area contributed by atoms with Crippen LogP contribution in [0.2, 0.25) is 0 Å². The molecule has 0 saturated heterocycles. The van der Waals surface area contributed by atoms with Crippen LogP contribution in [0, 0.1) is 18.8 Å². The molecule has 0 spiro atoms. The molecule has 0 aliphatic heterocycles. The van der Waals surface area contributed by atoms with Gasteiger partial charge in [-0.05, 0) is 134 Å². The zero-order valence-electron chi connectivity index (χ0n) is 51.7. The molecule has 6 heteroatoms. The molecule has 438 valence electrons. The standard InChI is InChI=1S/C64H52N6.C8H14.C6H6.C2H6.C2H2/c1-3-46-68(53-40-44-56(45-41-53)69(54-22-9-5-10-23-54)55-24-11-6-12-25-55)52-34-30-48(31-35-52)63-64(66-61-28-16-15-27-60(61)65-63)49-32-36-57(37-33-49)70(62-29-17-19-47-18-13-14-26-59(47)62)58-42-38-51(39-43-58)67(2)50-20-7-4-8-21-50;1-5-6-8(4)7(2)3;1-2-4-6-5-3-1;2*1-2/h3-44,56H,1,45-46H2,2H3;5-7H,4H2,1-3H3;1-6H;1-2H3;1-2H/b;6-5-;;;. The molecular formula is C82H80N6. The van der Waals surface area contributed by atoms with Crippen molar-refractivity contribution in [3.05, 3.63) is 328 Å². The highest BCUT2D eigenvalue weighted by atomic mass is 15.2. The van der Waals surface area contributed by atoms with Crippen molar-refractivity contribution in [1.29, 1.82) is 0 Å². The number of hydrogen-bond acceptors (Lipinski definition) is 6. The maximum absolute atomic E-state index is 5.30. The van der Waals surface area contributed by atoms with Gasteiger partial charge >= 0.3 is 0 Å². The van der Waals surface area contributed by atoms with Crippen LogP contribution in [0.5, 0.6) is 0 Å². The van der Waals surface area contributed by atoms with Crippen LogP contribution in [0.15, 0.2) is 328 Å². The first-order chi connectivity index (χ1) is 43.3. The van der Waals surface area contributed by atoms with Gasteiger partial charge in [-0.3, -0.25) is 0 Å². The number of hydrogen-bond donors (Lipinski definition) is 0. The first-order valence-electron chi connectivity index (χ1n) is 30.2. The van der Waals surface area contributed by atoms with E-state index >= 15 is 0 Å². The van der Waals surface area contributed by atoms with Crippen LogP contribution in [-0.2, 0) is 0 Å². The van der Waals surface area contributed by atoms with Gasteiger partial charge in [0.15, 0.2) is 0 Å². The normalized spacial score (nSPS) is 12.1. The third-order valence-corrected chi connectivity index (χ3v) is 14.9. The quantitative estimate of drug-likeness (QED) is 0.0545. The van der Waals surface area contributed by atoms with Gasteiger partial charge in [0.05, 0.1) is 34.2 Å². The molecule has 1 unspecified atom stereocenters. The molecular weight excluding hydrogens is 1070 g/mol. The molecule has 1 aromatic heterocycles. The van der Waals surface area contributed by atoms with Gasteiger partial charge < -0.3 is 19.6 Å². The van der Waals surface area contributed by atoms with Gasteiger partial charge in [-0.25, -0.2) is 9.97 Å². The summed E-state index contributed by atoms with van der Waals surface area (Å²) < 4.78 is 0. The fraction of sp³-hybridized carbons (Fsp3) is 0.122. The van der Waals surface area contributed by atoms with Gasteiger partial charge in [0.25, 0.3) is 0 Å².